The molecule has 0 atom stereocenters. The first-order valence-electron chi connectivity index (χ1n) is 7.42. The van der Waals surface area contributed by atoms with Crippen molar-refractivity contribution in [3.63, 3.8) is 0 Å². The summed E-state index contributed by atoms with van der Waals surface area (Å²) in [4.78, 5) is 23.8. The van der Waals surface area contributed by atoms with Crippen LogP contribution in [0.2, 0.25) is 0 Å². The van der Waals surface area contributed by atoms with Gasteiger partial charge in [0.15, 0.2) is 0 Å². The van der Waals surface area contributed by atoms with Crippen molar-refractivity contribution in [2.45, 2.75) is 6.92 Å². The summed E-state index contributed by atoms with van der Waals surface area (Å²) < 4.78 is 9.74. The largest absolute Gasteiger partial charge is 0.383 e. The number of hydrogen-bond donors (Lipinski definition) is 3. The molecule has 8 nitrogen and oxygen atoms in total. The lowest BCUT2D eigenvalue weighted by Gasteiger charge is -2.08. The minimum absolute atomic E-state index is 0. The number of aryl methyl sites for hydroxylation is 1. The summed E-state index contributed by atoms with van der Waals surface area (Å²) >= 11 is 0. The number of nitrogens with zero attached hydrogens (tertiary/aromatic N) is 1. The Morgan fingerprint density at radius 1 is 1.16 bits per heavy atom. The third-order valence-corrected chi connectivity index (χ3v) is 3.19. The van der Waals surface area contributed by atoms with Gasteiger partial charge in [-0.05, 0) is 31.2 Å². The van der Waals surface area contributed by atoms with Crippen LogP contribution in [-0.2, 0) is 9.53 Å². The average molecular weight is 369 g/mol. The molecule has 0 saturated heterocycles. The standard InChI is InChI=1S/C16H20N4O4.ClH/c1-11-14(9-18-24-11)16(22)20-13-5-3-12(4-6-13)19-15(21)10-17-7-8-23-2;/h3-6,9,17H,7-8,10H2,1-2H3,(H,19,21)(H,20,22);1H. The molecule has 25 heavy (non-hydrogen) atoms. The second kappa shape index (κ2) is 10.4. The highest BCUT2D eigenvalue weighted by molar-refractivity contribution is 6.04. The van der Waals surface area contributed by atoms with E-state index in [9.17, 15) is 9.59 Å². The van der Waals surface area contributed by atoms with E-state index in [1.165, 1.54) is 6.20 Å². The fourth-order valence-corrected chi connectivity index (χ4v) is 1.93. The van der Waals surface area contributed by atoms with E-state index in [1.807, 2.05) is 0 Å². The van der Waals surface area contributed by atoms with Crippen LogP contribution in [0.15, 0.2) is 35.0 Å². The van der Waals surface area contributed by atoms with Gasteiger partial charge in [0.2, 0.25) is 5.91 Å². The Kier molecular flexibility index (Phi) is 8.62. The normalized spacial score (nSPS) is 10.0. The number of methoxy groups -OCH3 is 1. The van der Waals surface area contributed by atoms with Gasteiger partial charge in [-0.3, -0.25) is 9.59 Å². The van der Waals surface area contributed by atoms with Crippen LogP contribution in [-0.4, -0.2) is 43.8 Å². The second-order valence-corrected chi connectivity index (χ2v) is 5.04. The van der Waals surface area contributed by atoms with Gasteiger partial charge in [-0.15, -0.1) is 12.4 Å². The highest BCUT2D eigenvalue weighted by Gasteiger charge is 2.12. The number of carbonyl (C=O) groups is 2. The fourth-order valence-electron chi connectivity index (χ4n) is 1.93. The number of hydrogen-bond acceptors (Lipinski definition) is 6. The predicted molar refractivity (Wildman–Crippen MR) is 96.3 cm³/mol. The summed E-state index contributed by atoms with van der Waals surface area (Å²) in [6, 6.07) is 6.83. The van der Waals surface area contributed by atoms with Crippen LogP contribution in [0.1, 0.15) is 16.1 Å². The molecule has 1 aromatic carbocycles. The highest BCUT2D eigenvalue weighted by atomic mass is 35.5. The van der Waals surface area contributed by atoms with Gasteiger partial charge in [0, 0.05) is 25.0 Å². The molecular weight excluding hydrogens is 348 g/mol. The van der Waals surface area contributed by atoms with Crippen LogP contribution in [0.25, 0.3) is 0 Å². The Hall–Kier alpha value is -2.42. The van der Waals surface area contributed by atoms with Crippen molar-refractivity contribution in [1.29, 1.82) is 0 Å². The monoisotopic (exact) mass is 368 g/mol. The van der Waals surface area contributed by atoms with Gasteiger partial charge in [0.05, 0.1) is 19.3 Å². The number of rotatable bonds is 8. The smallest absolute Gasteiger partial charge is 0.260 e. The number of nitrogens with one attached hydrogen (secondary N) is 3. The van der Waals surface area contributed by atoms with Crippen molar-refractivity contribution in [3.05, 3.63) is 41.8 Å². The maximum atomic E-state index is 12.0. The van der Waals surface area contributed by atoms with E-state index in [1.54, 1.807) is 38.3 Å². The minimum Gasteiger partial charge on any atom is -0.383 e. The third-order valence-electron chi connectivity index (χ3n) is 3.19. The molecule has 0 saturated carbocycles. The summed E-state index contributed by atoms with van der Waals surface area (Å²) in [5, 5.41) is 12.0. The zero-order chi connectivity index (χ0) is 17.4. The Morgan fingerprint density at radius 3 is 2.36 bits per heavy atom. The van der Waals surface area contributed by atoms with E-state index in [-0.39, 0.29) is 30.8 Å². The molecule has 0 aliphatic rings. The molecule has 0 aliphatic carbocycles. The number of aromatic nitrogens is 1. The van der Waals surface area contributed by atoms with Gasteiger partial charge >= 0.3 is 0 Å². The van der Waals surface area contributed by atoms with E-state index in [0.717, 1.165) is 0 Å². The van der Waals surface area contributed by atoms with E-state index < -0.39 is 0 Å². The lowest BCUT2D eigenvalue weighted by Crippen LogP contribution is -2.30. The van der Waals surface area contributed by atoms with E-state index in [4.69, 9.17) is 9.26 Å². The van der Waals surface area contributed by atoms with Crippen LogP contribution in [0.5, 0.6) is 0 Å². The van der Waals surface area contributed by atoms with E-state index in [0.29, 0.717) is 35.9 Å². The Labute approximate surface area is 151 Å². The fraction of sp³-hybridized carbons (Fsp3) is 0.312. The third kappa shape index (κ3) is 6.54. The maximum Gasteiger partial charge on any atom is 0.260 e. The second-order valence-electron chi connectivity index (χ2n) is 5.04. The molecule has 0 fully saturated rings. The molecule has 0 aliphatic heterocycles. The molecule has 0 bridgehead atoms. The van der Waals surface area contributed by atoms with E-state index >= 15 is 0 Å². The average Bonchev–Trinajstić information content (AvgIpc) is 3.00. The zero-order valence-electron chi connectivity index (χ0n) is 14.0. The Balaban J connectivity index is 0.00000312. The van der Waals surface area contributed by atoms with Gasteiger partial charge in [-0.2, -0.15) is 0 Å². The Bertz CT molecular complexity index is 688. The molecule has 9 heteroatoms. The molecule has 2 rings (SSSR count). The molecule has 1 aromatic heterocycles. The summed E-state index contributed by atoms with van der Waals surface area (Å²) in [7, 11) is 1.60. The first-order chi connectivity index (χ1) is 11.6. The number of carbonyl (C=O) groups excluding carboxylic acids is 2. The van der Waals surface area contributed by atoms with Crippen LogP contribution < -0.4 is 16.0 Å². The number of anilines is 2. The van der Waals surface area contributed by atoms with Crippen molar-refractivity contribution in [3.8, 4) is 0 Å². The molecule has 3 N–H and O–H groups in total. The van der Waals surface area contributed by atoms with Gasteiger partial charge in [0.1, 0.15) is 11.3 Å². The number of benzene rings is 1. The number of halogens is 1. The van der Waals surface area contributed by atoms with Crippen molar-refractivity contribution in [2.24, 2.45) is 0 Å². The van der Waals surface area contributed by atoms with Crippen LogP contribution in [0, 0.1) is 6.92 Å². The van der Waals surface area contributed by atoms with Gasteiger partial charge in [-0.25, -0.2) is 0 Å². The summed E-state index contributed by atoms with van der Waals surface area (Å²) in [6.07, 6.45) is 1.37. The van der Waals surface area contributed by atoms with E-state index in [2.05, 4.69) is 21.1 Å². The maximum absolute atomic E-state index is 12.0. The SMILES string of the molecule is COCCNCC(=O)Nc1ccc(NC(=O)c2cnoc2C)cc1.Cl. The molecular formula is C16H21ClN4O4. The quantitative estimate of drug-likeness (QED) is 0.614. The lowest BCUT2D eigenvalue weighted by atomic mass is 10.2. The zero-order valence-corrected chi connectivity index (χ0v) is 14.8. The minimum atomic E-state index is -0.298. The molecule has 0 radical (unpaired) electrons. The molecule has 0 unspecified atom stereocenters. The molecule has 2 aromatic rings. The van der Waals surface area contributed by atoms with Crippen molar-refractivity contribution in [1.82, 2.24) is 10.5 Å². The first-order valence-corrected chi connectivity index (χ1v) is 7.42. The Morgan fingerprint density at radius 2 is 1.80 bits per heavy atom. The topological polar surface area (TPSA) is 105 Å². The summed E-state index contributed by atoms with van der Waals surface area (Å²) in [6.45, 7) is 3.03. The molecule has 1 heterocycles. The van der Waals surface area contributed by atoms with Crippen LogP contribution >= 0.6 is 12.4 Å². The summed E-state index contributed by atoms with van der Waals surface area (Å²) in [5.74, 6) is 0.00761. The molecule has 2 amide bonds. The van der Waals surface area contributed by atoms with Gasteiger partial charge in [-0.1, -0.05) is 5.16 Å². The van der Waals surface area contributed by atoms with Crippen molar-refractivity contribution >= 4 is 35.6 Å². The molecule has 136 valence electrons. The predicted octanol–water partition coefficient (Wildman–Crippen LogP) is 1.83. The van der Waals surface area contributed by atoms with Gasteiger partial charge < -0.3 is 25.2 Å². The van der Waals surface area contributed by atoms with Crippen molar-refractivity contribution < 1.29 is 18.8 Å². The lowest BCUT2D eigenvalue weighted by molar-refractivity contribution is -0.115. The molecule has 0 spiro atoms. The first kappa shape index (κ1) is 20.6. The summed E-state index contributed by atoms with van der Waals surface area (Å²) in [5.41, 5.74) is 1.64. The number of amides is 2. The number of ether oxygens (including phenoxy) is 1. The highest BCUT2D eigenvalue weighted by Crippen LogP contribution is 2.15. The van der Waals surface area contributed by atoms with Crippen LogP contribution in [0.4, 0.5) is 11.4 Å². The van der Waals surface area contributed by atoms with Crippen LogP contribution in [0.3, 0.4) is 0 Å². The van der Waals surface area contributed by atoms with Gasteiger partial charge in [0.25, 0.3) is 5.91 Å². The van der Waals surface area contributed by atoms with Crippen molar-refractivity contribution in [2.75, 3.05) is 37.4 Å².